The first-order valence-corrected chi connectivity index (χ1v) is 10.0. The van der Waals surface area contributed by atoms with Crippen LogP contribution in [0, 0.1) is 5.92 Å². The molecule has 0 spiro atoms. The standard InChI is InChI=1S/C21H20Cl2N2O6/c1-29-14-4-6-18(30-2)17(9-14)25-10-12(7-20(25)27)21(28)31-11-19(26)24-16-5-3-13(22)8-15(16)23/h3-6,8-9,12H,7,10-11H2,1-2H3,(H,24,26)/t12-/m0/s1. The number of carbonyl (C=O) groups is 3. The van der Waals surface area contributed by atoms with Gasteiger partial charge in [-0.2, -0.15) is 0 Å². The van der Waals surface area contributed by atoms with E-state index in [-0.39, 0.29) is 23.9 Å². The molecule has 3 rings (SSSR count). The quantitative estimate of drug-likeness (QED) is 0.627. The fourth-order valence-corrected chi connectivity index (χ4v) is 3.59. The summed E-state index contributed by atoms with van der Waals surface area (Å²) in [6, 6.07) is 9.64. The number of rotatable bonds is 7. The maximum atomic E-state index is 12.5. The number of amides is 2. The van der Waals surface area contributed by atoms with Gasteiger partial charge in [0.05, 0.1) is 36.5 Å². The lowest BCUT2D eigenvalue weighted by molar-refractivity contribution is -0.151. The summed E-state index contributed by atoms with van der Waals surface area (Å²) in [7, 11) is 3.00. The summed E-state index contributed by atoms with van der Waals surface area (Å²) in [5, 5.41) is 3.23. The molecule has 10 heteroatoms. The van der Waals surface area contributed by atoms with Crippen LogP contribution in [-0.2, 0) is 19.1 Å². The molecule has 0 bridgehead atoms. The molecule has 0 aliphatic carbocycles. The molecule has 1 aliphatic rings. The number of nitrogens with zero attached hydrogens (tertiary/aromatic N) is 1. The van der Waals surface area contributed by atoms with Crippen LogP contribution < -0.4 is 19.7 Å². The molecule has 0 unspecified atom stereocenters. The highest BCUT2D eigenvalue weighted by Gasteiger charge is 2.37. The Labute approximate surface area is 189 Å². The monoisotopic (exact) mass is 466 g/mol. The van der Waals surface area contributed by atoms with Crippen molar-refractivity contribution in [3.8, 4) is 11.5 Å². The fraction of sp³-hybridized carbons (Fsp3) is 0.286. The Morgan fingerprint density at radius 3 is 2.58 bits per heavy atom. The highest BCUT2D eigenvalue weighted by molar-refractivity contribution is 6.36. The normalized spacial score (nSPS) is 15.5. The number of carbonyl (C=O) groups excluding carboxylic acids is 3. The Morgan fingerprint density at radius 1 is 1.13 bits per heavy atom. The highest BCUT2D eigenvalue weighted by Crippen LogP contribution is 2.36. The molecule has 1 N–H and O–H groups in total. The molecule has 2 amide bonds. The minimum atomic E-state index is -0.713. The first-order chi connectivity index (χ1) is 14.8. The van der Waals surface area contributed by atoms with Gasteiger partial charge in [-0.25, -0.2) is 0 Å². The minimum absolute atomic E-state index is 0.0379. The van der Waals surface area contributed by atoms with E-state index in [0.717, 1.165) is 0 Å². The van der Waals surface area contributed by atoms with Crippen LogP contribution in [0.1, 0.15) is 6.42 Å². The van der Waals surface area contributed by atoms with Gasteiger partial charge in [-0.3, -0.25) is 14.4 Å². The summed E-state index contributed by atoms with van der Waals surface area (Å²) in [4.78, 5) is 38.5. The van der Waals surface area contributed by atoms with E-state index >= 15 is 0 Å². The van der Waals surface area contributed by atoms with Gasteiger partial charge < -0.3 is 24.4 Å². The Morgan fingerprint density at radius 2 is 1.90 bits per heavy atom. The maximum Gasteiger partial charge on any atom is 0.311 e. The van der Waals surface area contributed by atoms with Crippen molar-refractivity contribution in [3.05, 3.63) is 46.4 Å². The average molecular weight is 467 g/mol. The lowest BCUT2D eigenvalue weighted by Gasteiger charge is -2.20. The van der Waals surface area contributed by atoms with Crippen molar-refractivity contribution in [1.82, 2.24) is 0 Å². The molecule has 0 saturated carbocycles. The van der Waals surface area contributed by atoms with Crippen LogP contribution in [0.15, 0.2) is 36.4 Å². The Bertz CT molecular complexity index is 1010. The average Bonchev–Trinajstić information content (AvgIpc) is 3.15. The van der Waals surface area contributed by atoms with E-state index in [1.54, 1.807) is 30.3 Å². The second-order valence-corrected chi connectivity index (χ2v) is 7.57. The number of hydrogen-bond acceptors (Lipinski definition) is 6. The van der Waals surface area contributed by atoms with Crippen molar-refractivity contribution in [2.24, 2.45) is 5.92 Å². The third-order valence-corrected chi connectivity index (χ3v) is 5.23. The molecule has 2 aromatic carbocycles. The van der Waals surface area contributed by atoms with Crippen molar-refractivity contribution >= 4 is 52.4 Å². The number of ether oxygens (including phenoxy) is 3. The summed E-state index contributed by atoms with van der Waals surface area (Å²) in [5.41, 5.74) is 0.844. The number of esters is 1. The molecule has 1 heterocycles. The number of benzene rings is 2. The number of hydrogen-bond donors (Lipinski definition) is 1. The van der Waals surface area contributed by atoms with Crippen molar-refractivity contribution in [2.45, 2.75) is 6.42 Å². The Kier molecular flexibility index (Phi) is 7.25. The van der Waals surface area contributed by atoms with Crippen LogP contribution in [0.3, 0.4) is 0 Å². The molecule has 0 radical (unpaired) electrons. The SMILES string of the molecule is COc1ccc(OC)c(N2C[C@@H](C(=O)OCC(=O)Nc3ccc(Cl)cc3Cl)CC2=O)c1. The van der Waals surface area contributed by atoms with Crippen LogP contribution in [0.4, 0.5) is 11.4 Å². The van der Waals surface area contributed by atoms with Gasteiger partial charge in [-0.1, -0.05) is 23.2 Å². The van der Waals surface area contributed by atoms with E-state index in [4.69, 9.17) is 37.4 Å². The minimum Gasteiger partial charge on any atom is -0.497 e. The smallest absolute Gasteiger partial charge is 0.311 e. The van der Waals surface area contributed by atoms with E-state index < -0.39 is 24.4 Å². The molecule has 164 valence electrons. The zero-order valence-corrected chi connectivity index (χ0v) is 18.3. The predicted octanol–water partition coefficient (Wildman–Crippen LogP) is 3.55. The number of anilines is 2. The summed E-state index contributed by atoms with van der Waals surface area (Å²) in [5.74, 6) is -1.15. The number of nitrogens with one attached hydrogen (secondary N) is 1. The lowest BCUT2D eigenvalue weighted by Crippen LogP contribution is -2.28. The van der Waals surface area contributed by atoms with Gasteiger partial charge in [0.25, 0.3) is 5.91 Å². The number of methoxy groups -OCH3 is 2. The highest BCUT2D eigenvalue weighted by atomic mass is 35.5. The Hall–Kier alpha value is -2.97. The van der Waals surface area contributed by atoms with Crippen LogP contribution in [0.5, 0.6) is 11.5 Å². The molecular weight excluding hydrogens is 447 g/mol. The third kappa shape index (κ3) is 5.39. The zero-order chi connectivity index (χ0) is 22.5. The summed E-state index contributed by atoms with van der Waals surface area (Å²) < 4.78 is 15.6. The first kappa shape index (κ1) is 22.7. The summed E-state index contributed by atoms with van der Waals surface area (Å²) >= 11 is 11.8. The van der Waals surface area contributed by atoms with Crippen molar-refractivity contribution in [1.29, 1.82) is 0 Å². The number of halogens is 2. The second-order valence-electron chi connectivity index (χ2n) is 6.72. The fourth-order valence-electron chi connectivity index (χ4n) is 3.14. The van der Waals surface area contributed by atoms with Crippen molar-refractivity contribution in [2.75, 3.05) is 37.6 Å². The van der Waals surface area contributed by atoms with Crippen LogP contribution in [0.2, 0.25) is 10.0 Å². The molecule has 1 atom stereocenters. The molecule has 1 aliphatic heterocycles. The van der Waals surface area contributed by atoms with Gasteiger partial charge in [0.1, 0.15) is 11.5 Å². The lowest BCUT2D eigenvalue weighted by atomic mass is 10.1. The van der Waals surface area contributed by atoms with Gasteiger partial charge in [0.2, 0.25) is 5.91 Å². The van der Waals surface area contributed by atoms with E-state index in [9.17, 15) is 14.4 Å². The predicted molar refractivity (Wildman–Crippen MR) is 116 cm³/mol. The van der Waals surface area contributed by atoms with Gasteiger partial charge >= 0.3 is 5.97 Å². The second kappa shape index (κ2) is 9.89. The van der Waals surface area contributed by atoms with Gasteiger partial charge in [0.15, 0.2) is 6.61 Å². The van der Waals surface area contributed by atoms with Crippen LogP contribution in [-0.4, -0.2) is 45.2 Å². The summed E-state index contributed by atoms with van der Waals surface area (Å²) in [6.07, 6.45) is -0.0379. The van der Waals surface area contributed by atoms with Gasteiger partial charge in [-0.15, -0.1) is 0 Å². The zero-order valence-electron chi connectivity index (χ0n) is 16.8. The molecule has 31 heavy (non-hydrogen) atoms. The molecule has 1 fully saturated rings. The van der Waals surface area contributed by atoms with Crippen molar-refractivity contribution in [3.63, 3.8) is 0 Å². The molecule has 0 aromatic heterocycles. The van der Waals surface area contributed by atoms with E-state index in [0.29, 0.717) is 27.9 Å². The van der Waals surface area contributed by atoms with E-state index in [1.807, 2.05) is 0 Å². The van der Waals surface area contributed by atoms with E-state index in [1.165, 1.54) is 25.2 Å². The topological polar surface area (TPSA) is 94.2 Å². The van der Waals surface area contributed by atoms with Crippen LogP contribution >= 0.6 is 23.2 Å². The maximum absolute atomic E-state index is 12.5. The molecule has 2 aromatic rings. The first-order valence-electron chi connectivity index (χ1n) is 9.26. The molecule has 1 saturated heterocycles. The largest absolute Gasteiger partial charge is 0.497 e. The van der Waals surface area contributed by atoms with Gasteiger partial charge in [-0.05, 0) is 30.3 Å². The molecule has 8 nitrogen and oxygen atoms in total. The van der Waals surface area contributed by atoms with Crippen LogP contribution in [0.25, 0.3) is 0 Å². The Balaban J connectivity index is 1.60. The van der Waals surface area contributed by atoms with Gasteiger partial charge in [0, 0.05) is 24.1 Å². The summed E-state index contributed by atoms with van der Waals surface area (Å²) in [6.45, 7) is -0.406. The van der Waals surface area contributed by atoms with Crippen molar-refractivity contribution < 1.29 is 28.6 Å². The van der Waals surface area contributed by atoms with E-state index in [2.05, 4.69) is 5.32 Å². The molecular formula is C21H20Cl2N2O6. The third-order valence-electron chi connectivity index (χ3n) is 4.69.